The Kier molecular flexibility index (Phi) is 3.45. The number of nitrogens with one attached hydrogen (secondary N) is 2. The summed E-state index contributed by atoms with van der Waals surface area (Å²) in [7, 11) is 1.70. The van der Waals surface area contributed by atoms with Gasteiger partial charge >= 0.3 is 0 Å². The molecule has 0 aromatic heterocycles. The van der Waals surface area contributed by atoms with Gasteiger partial charge in [-0.3, -0.25) is 0 Å². The Labute approximate surface area is 90.8 Å². The molecule has 1 aliphatic rings. The van der Waals surface area contributed by atoms with Crippen LogP contribution in [0.2, 0.25) is 0 Å². The Bertz CT molecular complexity index is 308. The lowest BCUT2D eigenvalue weighted by molar-refractivity contribution is 0.416. The van der Waals surface area contributed by atoms with Crippen LogP contribution in [0.15, 0.2) is 24.3 Å². The largest absolute Gasteiger partial charge is 0.495 e. The van der Waals surface area contributed by atoms with Crippen molar-refractivity contribution in [2.24, 2.45) is 0 Å². The number of rotatable bonds is 4. The van der Waals surface area contributed by atoms with Gasteiger partial charge < -0.3 is 15.4 Å². The van der Waals surface area contributed by atoms with Crippen LogP contribution in [0.1, 0.15) is 12.8 Å². The molecule has 0 aliphatic carbocycles. The highest BCUT2D eigenvalue weighted by Crippen LogP contribution is 2.23. The summed E-state index contributed by atoms with van der Waals surface area (Å²) in [6, 6.07) is 8.64. The fourth-order valence-corrected chi connectivity index (χ4v) is 1.95. The van der Waals surface area contributed by atoms with Crippen molar-refractivity contribution in [1.82, 2.24) is 5.32 Å². The van der Waals surface area contributed by atoms with Crippen molar-refractivity contribution in [3.05, 3.63) is 24.3 Å². The smallest absolute Gasteiger partial charge is 0.141 e. The van der Waals surface area contributed by atoms with Crippen molar-refractivity contribution in [3.63, 3.8) is 0 Å². The first kappa shape index (κ1) is 10.3. The quantitative estimate of drug-likeness (QED) is 0.789. The summed E-state index contributed by atoms with van der Waals surface area (Å²) in [5.41, 5.74) is 1.08. The molecule has 1 atom stereocenters. The van der Waals surface area contributed by atoms with Crippen molar-refractivity contribution >= 4 is 5.69 Å². The van der Waals surface area contributed by atoms with Crippen molar-refractivity contribution < 1.29 is 4.74 Å². The van der Waals surface area contributed by atoms with Crippen molar-refractivity contribution in [2.75, 3.05) is 25.5 Å². The van der Waals surface area contributed by atoms with Gasteiger partial charge in [-0.05, 0) is 31.5 Å². The highest BCUT2D eigenvalue weighted by molar-refractivity contribution is 5.56. The van der Waals surface area contributed by atoms with E-state index < -0.39 is 0 Å². The number of methoxy groups -OCH3 is 1. The maximum absolute atomic E-state index is 5.28. The van der Waals surface area contributed by atoms with Crippen LogP contribution in [0.25, 0.3) is 0 Å². The van der Waals surface area contributed by atoms with Crippen LogP contribution < -0.4 is 15.4 Å². The third-order valence-corrected chi connectivity index (χ3v) is 2.81. The van der Waals surface area contributed by atoms with Crippen molar-refractivity contribution in [3.8, 4) is 5.75 Å². The normalized spacial score (nSPS) is 20.2. The number of benzene rings is 1. The molecule has 0 amide bonds. The van der Waals surface area contributed by atoms with E-state index in [4.69, 9.17) is 4.74 Å². The second-order valence-corrected chi connectivity index (χ2v) is 3.87. The molecular formula is C12H18N2O. The van der Waals surface area contributed by atoms with Gasteiger partial charge in [0.15, 0.2) is 0 Å². The van der Waals surface area contributed by atoms with Gasteiger partial charge in [-0.1, -0.05) is 12.1 Å². The molecule has 15 heavy (non-hydrogen) atoms. The fourth-order valence-electron chi connectivity index (χ4n) is 1.95. The molecule has 0 unspecified atom stereocenters. The van der Waals surface area contributed by atoms with Crippen LogP contribution in [-0.4, -0.2) is 26.2 Å². The lowest BCUT2D eigenvalue weighted by Crippen LogP contribution is -2.29. The zero-order valence-corrected chi connectivity index (χ0v) is 9.12. The predicted octanol–water partition coefficient (Wildman–Crippen LogP) is 1.86. The molecule has 2 N–H and O–H groups in total. The first-order valence-corrected chi connectivity index (χ1v) is 5.50. The van der Waals surface area contributed by atoms with E-state index in [0.29, 0.717) is 6.04 Å². The minimum Gasteiger partial charge on any atom is -0.495 e. The maximum Gasteiger partial charge on any atom is 0.141 e. The van der Waals surface area contributed by atoms with Crippen LogP contribution in [0.5, 0.6) is 5.75 Å². The third-order valence-electron chi connectivity index (χ3n) is 2.81. The van der Waals surface area contributed by atoms with Crippen LogP contribution in [0.4, 0.5) is 5.69 Å². The molecule has 0 radical (unpaired) electrons. The van der Waals surface area contributed by atoms with Gasteiger partial charge in [-0.15, -0.1) is 0 Å². The molecule has 82 valence electrons. The summed E-state index contributed by atoms with van der Waals surface area (Å²) in [5.74, 6) is 0.912. The number of hydrogen-bond acceptors (Lipinski definition) is 3. The first-order chi connectivity index (χ1) is 7.40. The molecule has 1 saturated heterocycles. The zero-order chi connectivity index (χ0) is 10.5. The second-order valence-electron chi connectivity index (χ2n) is 3.87. The average Bonchev–Trinajstić information content (AvgIpc) is 2.79. The average molecular weight is 206 g/mol. The van der Waals surface area contributed by atoms with E-state index in [1.165, 1.54) is 12.8 Å². The summed E-state index contributed by atoms with van der Waals surface area (Å²) in [4.78, 5) is 0. The van der Waals surface area contributed by atoms with Crippen molar-refractivity contribution in [2.45, 2.75) is 18.9 Å². The number of ether oxygens (including phenoxy) is 1. The predicted molar refractivity (Wildman–Crippen MR) is 62.5 cm³/mol. The Morgan fingerprint density at radius 2 is 2.33 bits per heavy atom. The first-order valence-electron chi connectivity index (χ1n) is 5.50. The monoisotopic (exact) mass is 206 g/mol. The molecule has 3 heteroatoms. The summed E-state index contributed by atoms with van der Waals surface area (Å²) >= 11 is 0. The van der Waals surface area contributed by atoms with Gasteiger partial charge in [0.1, 0.15) is 5.75 Å². The van der Waals surface area contributed by atoms with Gasteiger partial charge in [0, 0.05) is 12.6 Å². The molecule has 2 rings (SSSR count). The molecule has 1 aromatic carbocycles. The molecule has 3 nitrogen and oxygen atoms in total. The van der Waals surface area contributed by atoms with Crippen LogP contribution in [0, 0.1) is 0 Å². The second kappa shape index (κ2) is 5.03. The van der Waals surface area contributed by atoms with Crippen LogP contribution in [0.3, 0.4) is 0 Å². The molecule has 1 aliphatic heterocycles. The fraction of sp³-hybridized carbons (Fsp3) is 0.500. The Balaban J connectivity index is 1.91. The van der Waals surface area contributed by atoms with E-state index in [1.54, 1.807) is 7.11 Å². The SMILES string of the molecule is COc1ccccc1NC[C@H]1CCCN1. The van der Waals surface area contributed by atoms with E-state index in [0.717, 1.165) is 24.5 Å². The van der Waals surface area contributed by atoms with Gasteiger partial charge in [0.05, 0.1) is 12.8 Å². The van der Waals surface area contributed by atoms with Gasteiger partial charge in [-0.2, -0.15) is 0 Å². The van der Waals surface area contributed by atoms with E-state index in [-0.39, 0.29) is 0 Å². The van der Waals surface area contributed by atoms with Crippen LogP contribution >= 0.6 is 0 Å². The molecule has 1 heterocycles. The van der Waals surface area contributed by atoms with Crippen molar-refractivity contribution in [1.29, 1.82) is 0 Å². The topological polar surface area (TPSA) is 33.3 Å². The molecule has 0 spiro atoms. The molecular weight excluding hydrogens is 188 g/mol. The van der Waals surface area contributed by atoms with Gasteiger partial charge in [0.2, 0.25) is 0 Å². The number of hydrogen-bond donors (Lipinski definition) is 2. The Morgan fingerprint density at radius 3 is 3.07 bits per heavy atom. The molecule has 1 aromatic rings. The summed E-state index contributed by atoms with van der Waals surface area (Å²) < 4.78 is 5.28. The molecule has 1 fully saturated rings. The highest BCUT2D eigenvalue weighted by atomic mass is 16.5. The Morgan fingerprint density at radius 1 is 1.47 bits per heavy atom. The Hall–Kier alpha value is -1.22. The third kappa shape index (κ3) is 2.63. The van der Waals surface area contributed by atoms with E-state index in [9.17, 15) is 0 Å². The minimum absolute atomic E-state index is 0.606. The highest BCUT2D eigenvalue weighted by Gasteiger charge is 2.13. The maximum atomic E-state index is 5.28. The van der Waals surface area contributed by atoms with Crippen LogP contribution in [-0.2, 0) is 0 Å². The summed E-state index contributed by atoms with van der Waals surface area (Å²) in [6.45, 7) is 2.12. The lowest BCUT2D eigenvalue weighted by atomic mass is 10.2. The summed E-state index contributed by atoms with van der Waals surface area (Å²) in [5, 5.41) is 6.88. The minimum atomic E-state index is 0.606. The van der Waals surface area contributed by atoms with E-state index in [2.05, 4.69) is 10.6 Å². The summed E-state index contributed by atoms with van der Waals surface area (Å²) in [6.07, 6.45) is 2.56. The number of anilines is 1. The lowest BCUT2D eigenvalue weighted by Gasteiger charge is -2.14. The molecule has 0 saturated carbocycles. The van der Waals surface area contributed by atoms with E-state index in [1.807, 2.05) is 24.3 Å². The van der Waals surface area contributed by atoms with E-state index >= 15 is 0 Å². The van der Waals surface area contributed by atoms with Gasteiger partial charge in [0.25, 0.3) is 0 Å². The van der Waals surface area contributed by atoms with Gasteiger partial charge in [-0.25, -0.2) is 0 Å². The zero-order valence-electron chi connectivity index (χ0n) is 9.12. The molecule has 0 bridgehead atoms. The standard InChI is InChI=1S/C12H18N2O/c1-15-12-7-3-2-6-11(12)14-9-10-5-4-8-13-10/h2-3,6-7,10,13-14H,4-5,8-9H2,1H3/t10-/m1/s1. The number of para-hydroxylation sites is 2.